The van der Waals surface area contributed by atoms with Crippen LogP contribution in [0.4, 0.5) is 0 Å². The molecule has 0 spiro atoms. The van der Waals surface area contributed by atoms with Crippen LogP contribution in [0.25, 0.3) is 131 Å². The molecule has 266 valence electrons. The molecule has 0 nitrogen and oxygen atoms in total. The zero-order chi connectivity index (χ0) is 37.9. The fourth-order valence-electron chi connectivity index (χ4n) is 10.6. The number of fused-ring (bicyclic) bond motifs is 9. The summed E-state index contributed by atoms with van der Waals surface area (Å²) in [6.45, 7) is 0. The van der Waals surface area contributed by atoms with Crippen LogP contribution >= 0.6 is 0 Å². The second-order valence-electron chi connectivity index (χ2n) is 15.8. The van der Waals surface area contributed by atoms with Gasteiger partial charge >= 0.3 is 0 Å². The molecule has 0 bridgehead atoms. The maximum absolute atomic E-state index is 2.55. The van der Waals surface area contributed by atoms with Crippen molar-refractivity contribution in [3.63, 3.8) is 0 Å². The monoisotopic (exact) mass is 730 g/mol. The number of hydrogen-bond donors (Lipinski definition) is 0. The molecular weight excluding hydrogens is 697 g/mol. The van der Waals surface area contributed by atoms with Crippen molar-refractivity contribution < 1.29 is 0 Å². The van der Waals surface area contributed by atoms with E-state index in [0.29, 0.717) is 0 Å². The molecule has 13 rings (SSSR count). The lowest BCUT2D eigenvalue weighted by Crippen LogP contribution is -1.93. The molecule has 0 radical (unpaired) electrons. The van der Waals surface area contributed by atoms with Crippen LogP contribution in [0.2, 0.25) is 0 Å². The Morgan fingerprint density at radius 3 is 1.19 bits per heavy atom. The van der Waals surface area contributed by atoms with Crippen LogP contribution < -0.4 is 0 Å². The standard InChI is InChI=1S/C58H34/c1-3-16-35(17-4-1)39-23-9-11-26-43(39)55-50-33-48-45-28-13-21-37-22-14-29-46(53(37)45)49(48)34-51(50)56(44-27-12-10-24-40(44)36-18-5-2-6-19-36)58-52-32-38-20-7-8-25-41(38)42-30-15-31-47(54(42)52)57(55)58/h1-34H. The number of rotatable bonds is 4. The van der Waals surface area contributed by atoms with Crippen LogP contribution in [0.1, 0.15) is 0 Å². The molecule has 13 aromatic carbocycles. The van der Waals surface area contributed by atoms with Crippen molar-refractivity contribution in [2.45, 2.75) is 0 Å². The molecule has 0 atom stereocenters. The van der Waals surface area contributed by atoms with Crippen LogP contribution in [0, 0.1) is 0 Å². The lowest BCUT2D eigenvalue weighted by Gasteiger charge is -2.21. The minimum Gasteiger partial charge on any atom is -0.0622 e. The minimum absolute atomic E-state index is 1.22. The molecule has 58 heavy (non-hydrogen) atoms. The second-order valence-corrected chi connectivity index (χ2v) is 15.8. The highest BCUT2D eigenvalue weighted by Crippen LogP contribution is 2.55. The third-order valence-corrected chi connectivity index (χ3v) is 12.9. The molecule has 0 saturated carbocycles. The van der Waals surface area contributed by atoms with Gasteiger partial charge in [-0.15, -0.1) is 0 Å². The summed E-state index contributed by atoms with van der Waals surface area (Å²) in [5.74, 6) is 0. The smallest absolute Gasteiger partial charge is 0.000696 e. The van der Waals surface area contributed by atoms with Gasteiger partial charge in [-0.25, -0.2) is 0 Å². The SMILES string of the molecule is c1ccc(-c2ccccc2-c2c3cc4c(cc3c(-c3ccccc3-c3ccccc3)c3c5cc6ccccc6c6cccc(c23)c65)c2cccc3cccc4c32)cc1. The van der Waals surface area contributed by atoms with Crippen molar-refractivity contribution in [3.05, 3.63) is 206 Å². The van der Waals surface area contributed by atoms with Gasteiger partial charge in [0.15, 0.2) is 0 Å². The molecule has 0 heterocycles. The maximum atomic E-state index is 2.55. The Kier molecular flexibility index (Phi) is 6.54. The predicted octanol–water partition coefficient (Wildman–Crippen LogP) is 16.5. The fourth-order valence-corrected chi connectivity index (χ4v) is 10.6. The molecule has 0 N–H and O–H groups in total. The Balaban J connectivity index is 1.35. The quantitative estimate of drug-likeness (QED) is 0.158. The third kappa shape index (κ3) is 4.29. The summed E-state index contributed by atoms with van der Waals surface area (Å²) in [5.41, 5.74) is 10.0. The summed E-state index contributed by atoms with van der Waals surface area (Å²) in [6.07, 6.45) is 0. The van der Waals surface area contributed by atoms with Crippen molar-refractivity contribution >= 4 is 86.2 Å². The first-order chi connectivity index (χ1) is 28.8. The van der Waals surface area contributed by atoms with Crippen molar-refractivity contribution in [3.8, 4) is 44.5 Å². The Hall–Kier alpha value is -7.54. The van der Waals surface area contributed by atoms with Gasteiger partial charge in [0.2, 0.25) is 0 Å². The molecule has 13 aromatic rings. The molecule has 0 aliphatic rings. The van der Waals surface area contributed by atoms with E-state index in [0.717, 1.165) is 0 Å². The molecule has 0 unspecified atom stereocenters. The summed E-state index contributed by atoms with van der Waals surface area (Å²) in [6, 6.07) is 77.1. The van der Waals surface area contributed by atoms with Crippen LogP contribution in [0.15, 0.2) is 206 Å². The van der Waals surface area contributed by atoms with Crippen molar-refractivity contribution in [1.29, 1.82) is 0 Å². The van der Waals surface area contributed by atoms with Crippen molar-refractivity contribution in [2.75, 3.05) is 0 Å². The van der Waals surface area contributed by atoms with Gasteiger partial charge in [-0.05, 0) is 149 Å². The molecule has 0 heteroatoms. The first-order valence-corrected chi connectivity index (χ1v) is 20.3. The van der Waals surface area contributed by atoms with E-state index < -0.39 is 0 Å². The largest absolute Gasteiger partial charge is 0.0622 e. The average molecular weight is 731 g/mol. The average Bonchev–Trinajstić information content (AvgIpc) is 3.79. The van der Waals surface area contributed by atoms with Gasteiger partial charge < -0.3 is 0 Å². The molecule has 0 aliphatic heterocycles. The highest BCUT2D eigenvalue weighted by molar-refractivity contribution is 6.44. The van der Waals surface area contributed by atoms with E-state index in [1.54, 1.807) is 0 Å². The summed E-state index contributed by atoms with van der Waals surface area (Å²) in [7, 11) is 0. The molecule has 0 amide bonds. The van der Waals surface area contributed by atoms with Gasteiger partial charge in [-0.2, -0.15) is 0 Å². The van der Waals surface area contributed by atoms with Gasteiger partial charge in [-0.3, -0.25) is 0 Å². The van der Waals surface area contributed by atoms with E-state index in [4.69, 9.17) is 0 Å². The van der Waals surface area contributed by atoms with Crippen LogP contribution in [-0.4, -0.2) is 0 Å². The molecule has 0 saturated heterocycles. The van der Waals surface area contributed by atoms with Gasteiger partial charge in [0.1, 0.15) is 0 Å². The van der Waals surface area contributed by atoms with E-state index in [1.807, 2.05) is 0 Å². The van der Waals surface area contributed by atoms with E-state index >= 15 is 0 Å². The second kappa shape index (κ2) is 12.0. The zero-order valence-corrected chi connectivity index (χ0v) is 31.6. The lowest BCUT2D eigenvalue weighted by atomic mass is 9.82. The zero-order valence-electron chi connectivity index (χ0n) is 31.6. The van der Waals surface area contributed by atoms with E-state index in [2.05, 4.69) is 206 Å². The first-order valence-electron chi connectivity index (χ1n) is 20.3. The van der Waals surface area contributed by atoms with Crippen molar-refractivity contribution in [2.24, 2.45) is 0 Å². The Morgan fingerprint density at radius 2 is 0.603 bits per heavy atom. The van der Waals surface area contributed by atoms with E-state index in [9.17, 15) is 0 Å². The number of benzene rings is 11. The molecular formula is C58H34. The Morgan fingerprint density at radius 1 is 0.190 bits per heavy atom. The molecule has 0 fully saturated rings. The first kappa shape index (κ1) is 31.6. The van der Waals surface area contributed by atoms with Gasteiger partial charge in [0.25, 0.3) is 0 Å². The van der Waals surface area contributed by atoms with Crippen LogP contribution in [0.5, 0.6) is 0 Å². The highest BCUT2D eigenvalue weighted by Gasteiger charge is 2.27. The van der Waals surface area contributed by atoms with Crippen molar-refractivity contribution in [1.82, 2.24) is 0 Å². The minimum atomic E-state index is 1.22. The topological polar surface area (TPSA) is 0 Å². The molecule has 0 aromatic heterocycles. The summed E-state index contributed by atoms with van der Waals surface area (Å²) in [5, 5.41) is 20.9. The number of hydrogen-bond acceptors (Lipinski definition) is 0. The molecule has 0 aliphatic carbocycles. The Bertz CT molecular complexity index is 3760. The van der Waals surface area contributed by atoms with Gasteiger partial charge in [0.05, 0.1) is 0 Å². The summed E-state index contributed by atoms with van der Waals surface area (Å²) in [4.78, 5) is 0. The Labute approximate surface area is 335 Å². The van der Waals surface area contributed by atoms with Gasteiger partial charge in [0, 0.05) is 0 Å². The van der Waals surface area contributed by atoms with Crippen LogP contribution in [0.3, 0.4) is 0 Å². The normalized spacial score (nSPS) is 12.1. The lowest BCUT2D eigenvalue weighted by molar-refractivity contribution is 1.61. The van der Waals surface area contributed by atoms with E-state index in [-0.39, 0.29) is 0 Å². The maximum Gasteiger partial charge on any atom is -0.000696 e. The van der Waals surface area contributed by atoms with E-state index in [1.165, 1.54) is 131 Å². The summed E-state index contributed by atoms with van der Waals surface area (Å²) >= 11 is 0. The third-order valence-electron chi connectivity index (χ3n) is 12.9. The summed E-state index contributed by atoms with van der Waals surface area (Å²) < 4.78 is 0. The van der Waals surface area contributed by atoms with Crippen LogP contribution in [-0.2, 0) is 0 Å². The fraction of sp³-hybridized carbons (Fsp3) is 0. The predicted molar refractivity (Wildman–Crippen MR) is 251 cm³/mol. The highest BCUT2D eigenvalue weighted by atomic mass is 14.3. The van der Waals surface area contributed by atoms with Gasteiger partial charge in [-0.1, -0.05) is 188 Å².